The van der Waals surface area contributed by atoms with Crippen molar-refractivity contribution in [2.45, 2.75) is 68.8 Å². The molecule has 22 heavy (non-hydrogen) atoms. The topological polar surface area (TPSA) is 67.8 Å². The average molecular weight is 309 g/mol. The van der Waals surface area contributed by atoms with Gasteiger partial charge in [0.2, 0.25) is 0 Å². The average Bonchev–Trinajstić information content (AvgIpc) is 2.83. The summed E-state index contributed by atoms with van der Waals surface area (Å²) in [6.45, 7) is 13.3. The predicted molar refractivity (Wildman–Crippen MR) is 84.6 cm³/mol. The van der Waals surface area contributed by atoms with E-state index in [0.29, 0.717) is 32.3 Å². The molecule has 2 bridgehead atoms. The lowest BCUT2D eigenvalue weighted by molar-refractivity contribution is -0.170. The molecule has 0 radical (unpaired) electrons. The zero-order valence-corrected chi connectivity index (χ0v) is 13.8. The molecule has 3 aliphatic rings. The lowest BCUT2D eigenvalue weighted by Gasteiger charge is -2.52. The molecule has 0 unspecified atom stereocenters. The molecule has 5 heteroatoms. The van der Waals surface area contributed by atoms with Gasteiger partial charge in [0.25, 0.3) is 0 Å². The molecule has 3 rings (SSSR count). The smallest absolute Gasteiger partial charge is 0.408 e. The Morgan fingerprint density at radius 1 is 1.32 bits per heavy atom. The highest BCUT2D eigenvalue weighted by Gasteiger charge is 2.70. The van der Waals surface area contributed by atoms with Crippen LogP contribution in [0.25, 0.3) is 0 Å². The maximum atomic E-state index is 12.0. The second kappa shape index (κ2) is 5.39. The van der Waals surface area contributed by atoms with Crippen LogP contribution in [-0.2, 0) is 9.47 Å². The van der Waals surface area contributed by atoms with Crippen molar-refractivity contribution < 1.29 is 19.4 Å². The third-order valence-corrected chi connectivity index (χ3v) is 4.45. The molecule has 2 saturated heterocycles. The zero-order valence-electron chi connectivity index (χ0n) is 13.8. The predicted octanol–water partition coefficient (Wildman–Crippen LogP) is 2.70. The molecular weight excluding hydrogens is 282 g/mol. The Balaban J connectivity index is 2.03. The molecule has 0 atom stereocenters. The van der Waals surface area contributed by atoms with Crippen LogP contribution in [0.5, 0.6) is 0 Å². The number of hydrogen-bond donors (Lipinski definition) is 2. The van der Waals surface area contributed by atoms with E-state index in [1.807, 2.05) is 20.8 Å². The Morgan fingerprint density at radius 3 is 2.32 bits per heavy atom. The van der Waals surface area contributed by atoms with Gasteiger partial charge >= 0.3 is 6.09 Å². The minimum atomic E-state index is -1.02. The maximum Gasteiger partial charge on any atom is 0.408 e. The van der Waals surface area contributed by atoms with Crippen LogP contribution in [0.4, 0.5) is 4.79 Å². The number of nitrogens with one attached hydrogen (secondary N) is 1. The van der Waals surface area contributed by atoms with Crippen LogP contribution in [-0.4, -0.2) is 40.1 Å². The molecule has 0 aromatic rings. The van der Waals surface area contributed by atoms with Crippen molar-refractivity contribution >= 4 is 6.09 Å². The Bertz CT molecular complexity index is 462. The molecular formula is C17H27NO4. The first-order chi connectivity index (χ1) is 10.1. The van der Waals surface area contributed by atoms with Crippen LogP contribution >= 0.6 is 0 Å². The summed E-state index contributed by atoms with van der Waals surface area (Å²) in [5.74, 6) is 0. The quantitative estimate of drug-likeness (QED) is 0.740. The summed E-state index contributed by atoms with van der Waals surface area (Å²) in [6, 6.07) is 0. The number of fused-ring (bicyclic) bond motifs is 1. The fourth-order valence-electron chi connectivity index (χ4n) is 3.56. The summed E-state index contributed by atoms with van der Waals surface area (Å²) >= 11 is 0. The van der Waals surface area contributed by atoms with E-state index in [1.54, 1.807) is 12.2 Å². The number of carbonyl (C=O) groups is 1. The first kappa shape index (κ1) is 17.0. The number of hydrogen-bond acceptors (Lipinski definition) is 4. The molecule has 2 heterocycles. The highest BCUT2D eigenvalue weighted by Crippen LogP contribution is 2.58. The summed E-state index contributed by atoms with van der Waals surface area (Å²) in [5.41, 5.74) is -2.62. The van der Waals surface area contributed by atoms with Crippen molar-refractivity contribution in [2.75, 3.05) is 6.61 Å². The molecule has 3 fully saturated rings. The second-order valence-electron chi connectivity index (χ2n) is 7.56. The fraction of sp³-hybridized carbons (Fsp3) is 0.706. The molecule has 1 saturated carbocycles. The van der Waals surface area contributed by atoms with E-state index in [1.165, 1.54) is 0 Å². The van der Waals surface area contributed by atoms with E-state index >= 15 is 0 Å². The van der Waals surface area contributed by atoms with Gasteiger partial charge in [0, 0.05) is 12.8 Å². The molecule has 5 nitrogen and oxygen atoms in total. The summed E-state index contributed by atoms with van der Waals surface area (Å²) in [7, 11) is 0. The first-order valence-corrected chi connectivity index (χ1v) is 7.69. The van der Waals surface area contributed by atoms with Gasteiger partial charge in [0.05, 0.1) is 12.1 Å². The van der Waals surface area contributed by atoms with Gasteiger partial charge in [-0.05, 0) is 33.6 Å². The number of carbonyl (C=O) groups excluding carboxylic acids is 1. The fourth-order valence-corrected chi connectivity index (χ4v) is 3.56. The van der Waals surface area contributed by atoms with E-state index in [9.17, 15) is 9.90 Å². The first-order valence-electron chi connectivity index (χ1n) is 7.69. The van der Waals surface area contributed by atoms with E-state index in [2.05, 4.69) is 18.5 Å². The van der Waals surface area contributed by atoms with Crippen molar-refractivity contribution in [2.24, 2.45) is 0 Å². The number of ether oxygens (including phenoxy) is 2. The van der Waals surface area contributed by atoms with Crippen LogP contribution < -0.4 is 5.32 Å². The standard InChI is InChI=1S/C17H27NO4/c1-6-8-16(20,9-7-2)17-10-15(11-17,12-21-17)18-13(19)22-14(3,4)5/h6-7,20H,1-2,8-12H2,3-5H3,(H,18,19). The summed E-state index contributed by atoms with van der Waals surface area (Å²) in [6.07, 6.45) is 4.97. The van der Waals surface area contributed by atoms with Gasteiger partial charge in [-0.1, -0.05) is 12.2 Å². The maximum absolute atomic E-state index is 12.0. The highest BCUT2D eigenvalue weighted by atomic mass is 16.6. The summed E-state index contributed by atoms with van der Waals surface area (Å²) in [4.78, 5) is 12.0. The van der Waals surface area contributed by atoms with Crippen molar-refractivity contribution in [3.8, 4) is 0 Å². The summed E-state index contributed by atoms with van der Waals surface area (Å²) in [5, 5.41) is 13.8. The molecule has 0 aromatic carbocycles. The highest BCUT2D eigenvalue weighted by molar-refractivity contribution is 5.69. The largest absolute Gasteiger partial charge is 0.444 e. The third kappa shape index (κ3) is 2.92. The molecule has 2 aliphatic heterocycles. The molecule has 124 valence electrons. The number of aliphatic hydroxyl groups is 1. The van der Waals surface area contributed by atoms with Gasteiger partial charge in [0.1, 0.15) is 16.8 Å². The normalized spacial score (nSPS) is 30.4. The van der Waals surface area contributed by atoms with Gasteiger partial charge in [-0.3, -0.25) is 0 Å². The Kier molecular flexibility index (Phi) is 4.17. The number of amides is 1. The van der Waals surface area contributed by atoms with Gasteiger partial charge in [-0.15, -0.1) is 13.2 Å². The Hall–Kier alpha value is -1.33. The van der Waals surface area contributed by atoms with Crippen LogP contribution in [0.2, 0.25) is 0 Å². The second-order valence-corrected chi connectivity index (χ2v) is 7.56. The van der Waals surface area contributed by atoms with Gasteiger partial charge in [0.15, 0.2) is 0 Å². The van der Waals surface area contributed by atoms with E-state index in [0.717, 1.165) is 0 Å². The van der Waals surface area contributed by atoms with Gasteiger partial charge in [-0.2, -0.15) is 0 Å². The SMILES string of the molecule is C=CCC(O)(CC=C)C12CC(NC(=O)OC(C)(C)C)(CO1)C2. The lowest BCUT2D eigenvalue weighted by atomic mass is 9.59. The van der Waals surface area contributed by atoms with Crippen molar-refractivity contribution in [3.63, 3.8) is 0 Å². The van der Waals surface area contributed by atoms with Crippen molar-refractivity contribution in [1.29, 1.82) is 0 Å². The van der Waals surface area contributed by atoms with Crippen LogP contribution in [0.1, 0.15) is 46.5 Å². The molecule has 1 aliphatic carbocycles. The summed E-state index contributed by atoms with van der Waals surface area (Å²) < 4.78 is 11.2. The lowest BCUT2D eigenvalue weighted by Crippen LogP contribution is -2.67. The molecule has 0 spiro atoms. The van der Waals surface area contributed by atoms with Crippen molar-refractivity contribution in [1.82, 2.24) is 5.32 Å². The minimum absolute atomic E-state index is 0.392. The van der Waals surface area contributed by atoms with Crippen LogP contribution in [0.15, 0.2) is 25.3 Å². The van der Waals surface area contributed by atoms with E-state index in [4.69, 9.17) is 9.47 Å². The molecule has 0 aromatic heterocycles. The monoisotopic (exact) mass is 309 g/mol. The van der Waals surface area contributed by atoms with E-state index < -0.39 is 28.4 Å². The molecule has 1 amide bonds. The van der Waals surface area contributed by atoms with Crippen molar-refractivity contribution in [3.05, 3.63) is 25.3 Å². The Morgan fingerprint density at radius 2 is 1.86 bits per heavy atom. The molecule has 2 N–H and O–H groups in total. The third-order valence-electron chi connectivity index (χ3n) is 4.45. The number of rotatable bonds is 6. The Labute approximate surface area is 132 Å². The van der Waals surface area contributed by atoms with Crippen LogP contribution in [0, 0.1) is 0 Å². The number of alkyl carbamates (subject to hydrolysis) is 1. The van der Waals surface area contributed by atoms with E-state index in [-0.39, 0.29) is 0 Å². The van der Waals surface area contributed by atoms with Crippen LogP contribution in [0.3, 0.4) is 0 Å². The zero-order chi connectivity index (χ0) is 16.6. The van der Waals surface area contributed by atoms with Gasteiger partial charge < -0.3 is 19.9 Å². The van der Waals surface area contributed by atoms with Gasteiger partial charge in [-0.25, -0.2) is 4.79 Å². The minimum Gasteiger partial charge on any atom is -0.444 e.